The lowest BCUT2D eigenvalue weighted by Gasteiger charge is -2.20. The van der Waals surface area contributed by atoms with Gasteiger partial charge in [0.15, 0.2) is 0 Å². The zero-order valence-corrected chi connectivity index (χ0v) is 18.1. The van der Waals surface area contributed by atoms with E-state index >= 15 is 0 Å². The Bertz CT molecular complexity index is 676. The number of fused-ring (bicyclic) bond motifs is 1. The first-order valence-electron chi connectivity index (χ1n) is 9.11. The summed E-state index contributed by atoms with van der Waals surface area (Å²) in [6.07, 6.45) is 6.13. The molecule has 0 saturated heterocycles. The quantitative estimate of drug-likeness (QED) is 0.513. The average Bonchev–Trinajstić information content (AvgIpc) is 2.96. The molecule has 2 aromatic carbocycles. The van der Waals surface area contributed by atoms with Crippen LogP contribution in [0.1, 0.15) is 54.5 Å². The molecule has 3 heteroatoms. The minimum atomic E-state index is 0.618. The maximum absolute atomic E-state index is 5.93. The van der Waals surface area contributed by atoms with Crippen LogP contribution in [0.4, 0.5) is 0 Å². The van der Waals surface area contributed by atoms with Crippen molar-refractivity contribution in [2.24, 2.45) is 0 Å². The molecule has 0 amide bonds. The van der Waals surface area contributed by atoms with Crippen molar-refractivity contribution < 1.29 is 0 Å². The summed E-state index contributed by atoms with van der Waals surface area (Å²) in [5.74, 6) is 0. The van der Waals surface area contributed by atoms with Crippen LogP contribution in [0.25, 0.3) is 0 Å². The average molecular weight is 423 g/mol. The fourth-order valence-corrected chi connectivity index (χ4v) is 4.12. The summed E-state index contributed by atoms with van der Waals surface area (Å²) in [4.78, 5) is 2.30. The van der Waals surface area contributed by atoms with Gasteiger partial charge in [0, 0.05) is 15.5 Å². The molecular weight excluding hydrogens is 394 g/mol. The summed E-state index contributed by atoms with van der Waals surface area (Å²) in [6.45, 7) is 4.29. The Morgan fingerprint density at radius 3 is 2.56 bits per heavy atom. The highest BCUT2D eigenvalue weighted by Crippen LogP contribution is 2.35. The van der Waals surface area contributed by atoms with Crippen molar-refractivity contribution in [1.82, 2.24) is 4.90 Å². The summed E-state index contributed by atoms with van der Waals surface area (Å²) in [5.41, 5.74) is 5.64. The van der Waals surface area contributed by atoms with Crippen LogP contribution in [0.5, 0.6) is 0 Å². The Kier molecular flexibility index (Phi) is 7.99. The summed E-state index contributed by atoms with van der Waals surface area (Å²) in [5, 5.41) is 0.862. The Hall–Kier alpha value is -0.830. The lowest BCUT2D eigenvalue weighted by Crippen LogP contribution is -2.17. The zero-order chi connectivity index (χ0) is 18.4. The highest BCUT2D eigenvalue weighted by atomic mass is 79.9. The molecule has 1 unspecified atom stereocenters. The molecule has 0 heterocycles. The van der Waals surface area contributed by atoms with Gasteiger partial charge in [0.05, 0.1) is 0 Å². The molecule has 0 fully saturated rings. The Morgan fingerprint density at radius 1 is 1.16 bits per heavy atom. The predicted molar refractivity (Wildman–Crippen MR) is 114 cm³/mol. The molecule has 0 saturated carbocycles. The molecule has 0 aliphatic heterocycles. The molecule has 2 aromatic rings. The van der Waals surface area contributed by atoms with Crippen LogP contribution < -0.4 is 0 Å². The Morgan fingerprint density at radius 2 is 1.92 bits per heavy atom. The maximum Gasteiger partial charge on any atom is 0.0411 e. The van der Waals surface area contributed by atoms with E-state index < -0.39 is 0 Å². The molecular formula is C22H29BrClN. The lowest BCUT2D eigenvalue weighted by atomic mass is 10.1. The normalized spacial score (nSPS) is 15.7. The van der Waals surface area contributed by atoms with Crippen molar-refractivity contribution in [2.45, 2.75) is 52.0 Å². The monoisotopic (exact) mass is 421 g/mol. The second-order valence-electron chi connectivity index (χ2n) is 7.10. The van der Waals surface area contributed by atoms with E-state index in [9.17, 15) is 0 Å². The van der Waals surface area contributed by atoms with Crippen LogP contribution in [0, 0.1) is 6.92 Å². The number of aryl methyl sites for hydroxylation is 3. The summed E-state index contributed by atoms with van der Waals surface area (Å²) < 4.78 is 1.19. The molecule has 1 aliphatic rings. The third kappa shape index (κ3) is 6.13. The topological polar surface area (TPSA) is 3.24 Å². The zero-order valence-electron chi connectivity index (χ0n) is 15.8. The van der Waals surface area contributed by atoms with Crippen molar-refractivity contribution in [3.05, 3.63) is 68.1 Å². The van der Waals surface area contributed by atoms with E-state index in [4.69, 9.17) is 11.6 Å². The minimum absolute atomic E-state index is 0.618. The van der Waals surface area contributed by atoms with E-state index in [1.165, 1.54) is 52.4 Å². The second-order valence-corrected chi connectivity index (χ2v) is 8.45. The van der Waals surface area contributed by atoms with E-state index in [0.717, 1.165) is 11.4 Å². The van der Waals surface area contributed by atoms with E-state index in [0.29, 0.717) is 6.04 Å². The van der Waals surface area contributed by atoms with Crippen LogP contribution in [0.2, 0.25) is 5.02 Å². The predicted octanol–water partition coefficient (Wildman–Crippen LogP) is 6.99. The van der Waals surface area contributed by atoms with Crippen molar-refractivity contribution in [3.63, 3.8) is 0 Å². The number of unbranched alkanes of at least 4 members (excludes halogenated alkanes) is 1. The number of benzene rings is 2. The van der Waals surface area contributed by atoms with Crippen LogP contribution in [0.3, 0.4) is 0 Å². The van der Waals surface area contributed by atoms with Gasteiger partial charge in [-0.1, -0.05) is 53.0 Å². The minimum Gasteiger partial charge on any atom is -0.302 e. The van der Waals surface area contributed by atoms with Gasteiger partial charge in [-0.05, 0) is 93.2 Å². The van der Waals surface area contributed by atoms with Gasteiger partial charge in [-0.15, -0.1) is 0 Å². The van der Waals surface area contributed by atoms with Gasteiger partial charge in [-0.25, -0.2) is 0 Å². The van der Waals surface area contributed by atoms with Crippen LogP contribution in [-0.2, 0) is 12.8 Å². The second kappa shape index (κ2) is 9.75. The first kappa shape index (κ1) is 20.5. The van der Waals surface area contributed by atoms with Crippen LogP contribution in [0.15, 0.2) is 40.9 Å². The van der Waals surface area contributed by atoms with Gasteiger partial charge in [-0.2, -0.15) is 0 Å². The number of nitrogens with zero attached hydrogens (tertiary/aromatic N) is 1. The largest absolute Gasteiger partial charge is 0.302 e. The van der Waals surface area contributed by atoms with Gasteiger partial charge in [0.2, 0.25) is 0 Å². The number of hydrogen-bond acceptors (Lipinski definition) is 1. The highest BCUT2D eigenvalue weighted by molar-refractivity contribution is 9.10. The van der Waals surface area contributed by atoms with Gasteiger partial charge in [0.25, 0.3) is 0 Å². The first-order chi connectivity index (χ1) is 11.9. The molecule has 1 atom stereocenters. The smallest absolute Gasteiger partial charge is 0.0411 e. The Labute approximate surface area is 166 Å². The summed E-state index contributed by atoms with van der Waals surface area (Å²) >= 11 is 9.45. The molecule has 0 radical (unpaired) electrons. The van der Waals surface area contributed by atoms with Gasteiger partial charge in [0.1, 0.15) is 0 Å². The van der Waals surface area contributed by atoms with Gasteiger partial charge < -0.3 is 4.90 Å². The molecule has 1 aliphatic carbocycles. The van der Waals surface area contributed by atoms with E-state index in [1.807, 2.05) is 6.07 Å². The third-order valence-electron chi connectivity index (χ3n) is 4.70. The molecule has 1 nitrogen and oxygen atoms in total. The molecule has 0 spiro atoms. The van der Waals surface area contributed by atoms with Crippen LogP contribution >= 0.6 is 27.5 Å². The van der Waals surface area contributed by atoms with Crippen LogP contribution in [-0.4, -0.2) is 19.0 Å². The van der Waals surface area contributed by atoms with E-state index in [1.54, 1.807) is 0 Å². The standard InChI is InChI=1S/C11H14BrN.C11H15Cl/c1-13(2)11-6-4-8-3-5-9(12)7-10(8)11;1-3-4-5-10-6-9(2)7-11(12)8-10/h3,5,7,11H,4,6H2,1-2H3;6-8H,3-5H2,1-2H3. The summed E-state index contributed by atoms with van der Waals surface area (Å²) in [7, 11) is 4.31. The molecule has 136 valence electrons. The fourth-order valence-electron chi connectivity index (χ4n) is 3.43. The van der Waals surface area contributed by atoms with Crippen molar-refractivity contribution in [3.8, 4) is 0 Å². The molecule has 0 aromatic heterocycles. The summed E-state index contributed by atoms with van der Waals surface area (Å²) in [6, 6.07) is 13.5. The lowest BCUT2D eigenvalue weighted by molar-refractivity contribution is 0.299. The molecule has 0 bridgehead atoms. The third-order valence-corrected chi connectivity index (χ3v) is 5.41. The number of hydrogen-bond donors (Lipinski definition) is 0. The van der Waals surface area contributed by atoms with Crippen molar-refractivity contribution >= 4 is 27.5 Å². The maximum atomic E-state index is 5.93. The molecule has 0 N–H and O–H groups in total. The van der Waals surface area contributed by atoms with Gasteiger partial charge in [-0.3, -0.25) is 0 Å². The fraction of sp³-hybridized carbons (Fsp3) is 0.455. The Balaban J connectivity index is 0.000000181. The number of rotatable bonds is 4. The van der Waals surface area contributed by atoms with E-state index in [2.05, 4.69) is 79.1 Å². The van der Waals surface area contributed by atoms with Gasteiger partial charge >= 0.3 is 0 Å². The number of halogens is 2. The van der Waals surface area contributed by atoms with Crippen molar-refractivity contribution in [1.29, 1.82) is 0 Å². The van der Waals surface area contributed by atoms with Crippen molar-refractivity contribution in [2.75, 3.05) is 14.1 Å². The first-order valence-corrected chi connectivity index (χ1v) is 10.3. The van der Waals surface area contributed by atoms with E-state index in [-0.39, 0.29) is 0 Å². The molecule has 25 heavy (non-hydrogen) atoms. The SMILES string of the molecule is CCCCc1cc(C)cc(Cl)c1.CN(C)C1CCc2ccc(Br)cc21. The molecule has 3 rings (SSSR count). The highest BCUT2D eigenvalue weighted by Gasteiger charge is 2.23.